The highest BCUT2D eigenvalue weighted by atomic mass is 16.3. The maximum atomic E-state index is 6.21. The molecule has 0 bridgehead atoms. The van der Waals surface area contributed by atoms with Crippen LogP contribution < -0.4 is 4.90 Å². The number of anilines is 3. The zero-order valence-corrected chi connectivity index (χ0v) is 29.8. The molecule has 3 heteroatoms. The second kappa shape index (κ2) is 12.6. The molecule has 0 aliphatic heterocycles. The van der Waals surface area contributed by atoms with Crippen molar-refractivity contribution in [3.63, 3.8) is 0 Å². The van der Waals surface area contributed by atoms with E-state index in [0.717, 1.165) is 83.0 Å². The predicted molar refractivity (Wildman–Crippen MR) is 229 cm³/mol. The quantitative estimate of drug-likeness (QED) is 0.173. The van der Waals surface area contributed by atoms with E-state index in [-0.39, 0.29) is 0 Å². The first-order chi connectivity index (χ1) is 27.2. The third kappa shape index (κ3) is 5.36. The topological polar surface area (TPSA) is 29.5 Å². The van der Waals surface area contributed by atoms with Crippen molar-refractivity contribution in [2.24, 2.45) is 0 Å². The molecule has 55 heavy (non-hydrogen) atoms. The third-order valence-electron chi connectivity index (χ3n) is 10.9. The standard InChI is InChI=1S/C52H33NO2/c1-2-9-34(10-3-1)35-19-25-41(26-20-35)53(43-29-23-37(24-30-43)44-13-8-16-50-52(44)46-12-5-7-15-49(46)54-50)42-27-21-36(22-28-42)38-17-18-39-33-51-47(32-40(39)31-38)45-11-4-6-14-48(45)55-51/h1-33H. The van der Waals surface area contributed by atoms with Gasteiger partial charge in [0.25, 0.3) is 0 Å². The monoisotopic (exact) mass is 703 g/mol. The van der Waals surface area contributed by atoms with Gasteiger partial charge in [-0.25, -0.2) is 0 Å². The van der Waals surface area contributed by atoms with Gasteiger partial charge in [0.1, 0.15) is 22.3 Å². The molecule has 0 N–H and O–H groups in total. The highest BCUT2D eigenvalue weighted by Crippen LogP contribution is 2.41. The molecule has 0 saturated carbocycles. The summed E-state index contributed by atoms with van der Waals surface area (Å²) in [5, 5.41) is 6.92. The number of hydrogen-bond acceptors (Lipinski definition) is 3. The molecule has 0 fully saturated rings. The normalized spacial score (nSPS) is 11.6. The molecule has 11 aromatic rings. The van der Waals surface area contributed by atoms with Crippen LogP contribution in [-0.2, 0) is 0 Å². The fourth-order valence-corrected chi connectivity index (χ4v) is 8.14. The molecule has 0 amide bonds. The van der Waals surface area contributed by atoms with E-state index in [0.29, 0.717) is 0 Å². The fourth-order valence-electron chi connectivity index (χ4n) is 8.14. The van der Waals surface area contributed by atoms with Gasteiger partial charge >= 0.3 is 0 Å². The van der Waals surface area contributed by atoms with Crippen molar-refractivity contribution in [2.45, 2.75) is 0 Å². The Labute approximate surface area is 317 Å². The van der Waals surface area contributed by atoms with Gasteiger partial charge in [-0.1, -0.05) is 127 Å². The molecule has 0 spiro atoms. The zero-order chi connectivity index (χ0) is 36.3. The van der Waals surface area contributed by atoms with Crippen molar-refractivity contribution in [3.8, 4) is 33.4 Å². The minimum atomic E-state index is 0.901. The number of fused-ring (bicyclic) bond motifs is 7. The van der Waals surface area contributed by atoms with Crippen LogP contribution in [0.3, 0.4) is 0 Å². The van der Waals surface area contributed by atoms with E-state index < -0.39 is 0 Å². The summed E-state index contributed by atoms with van der Waals surface area (Å²) in [6.45, 7) is 0. The van der Waals surface area contributed by atoms with E-state index in [9.17, 15) is 0 Å². The Balaban J connectivity index is 0.978. The van der Waals surface area contributed by atoms with Crippen molar-refractivity contribution < 1.29 is 8.83 Å². The van der Waals surface area contributed by atoms with Gasteiger partial charge in [-0.15, -0.1) is 0 Å². The van der Waals surface area contributed by atoms with E-state index in [4.69, 9.17) is 8.83 Å². The van der Waals surface area contributed by atoms with Gasteiger partial charge in [0.05, 0.1) is 0 Å². The minimum Gasteiger partial charge on any atom is -0.456 e. The number of hydrogen-bond donors (Lipinski definition) is 0. The maximum absolute atomic E-state index is 6.21. The third-order valence-corrected chi connectivity index (χ3v) is 10.9. The maximum Gasteiger partial charge on any atom is 0.136 e. The molecule has 0 aliphatic rings. The van der Waals surface area contributed by atoms with E-state index >= 15 is 0 Å². The lowest BCUT2D eigenvalue weighted by Gasteiger charge is -2.26. The van der Waals surface area contributed by atoms with Gasteiger partial charge in [-0.05, 0) is 117 Å². The van der Waals surface area contributed by atoms with Crippen molar-refractivity contribution in [2.75, 3.05) is 4.90 Å². The first-order valence-corrected chi connectivity index (χ1v) is 18.7. The Kier molecular flexibility index (Phi) is 7.17. The molecule has 3 nitrogen and oxygen atoms in total. The molecule has 2 heterocycles. The van der Waals surface area contributed by atoms with Crippen LogP contribution in [0.15, 0.2) is 209 Å². The first-order valence-electron chi connectivity index (χ1n) is 18.7. The number of rotatable bonds is 6. The Bertz CT molecular complexity index is 3170. The van der Waals surface area contributed by atoms with Gasteiger partial charge in [-0.3, -0.25) is 0 Å². The highest BCUT2D eigenvalue weighted by molar-refractivity contribution is 6.13. The average Bonchev–Trinajstić information content (AvgIpc) is 3.82. The Hall–Kier alpha value is -7.36. The molecule has 11 rings (SSSR count). The zero-order valence-electron chi connectivity index (χ0n) is 29.8. The van der Waals surface area contributed by atoms with Crippen LogP contribution in [0, 0.1) is 0 Å². The smallest absolute Gasteiger partial charge is 0.136 e. The van der Waals surface area contributed by atoms with Crippen LogP contribution in [0.2, 0.25) is 0 Å². The second-order valence-electron chi connectivity index (χ2n) is 14.1. The van der Waals surface area contributed by atoms with E-state index in [1.54, 1.807) is 0 Å². The summed E-state index contributed by atoms with van der Waals surface area (Å²) < 4.78 is 12.4. The number of para-hydroxylation sites is 2. The lowest BCUT2D eigenvalue weighted by Crippen LogP contribution is -2.09. The summed E-state index contributed by atoms with van der Waals surface area (Å²) in [4.78, 5) is 2.33. The van der Waals surface area contributed by atoms with Crippen LogP contribution in [-0.4, -0.2) is 0 Å². The molecule has 0 aliphatic carbocycles. The lowest BCUT2D eigenvalue weighted by molar-refractivity contribution is 0.669. The number of nitrogens with zero attached hydrogens (tertiary/aromatic N) is 1. The Morgan fingerprint density at radius 2 is 0.818 bits per heavy atom. The van der Waals surface area contributed by atoms with Crippen LogP contribution in [0.1, 0.15) is 0 Å². The van der Waals surface area contributed by atoms with Gasteiger partial charge in [-0.2, -0.15) is 0 Å². The fraction of sp³-hybridized carbons (Fsp3) is 0. The van der Waals surface area contributed by atoms with E-state index in [2.05, 4.69) is 181 Å². The van der Waals surface area contributed by atoms with E-state index in [1.807, 2.05) is 24.3 Å². The van der Waals surface area contributed by atoms with Gasteiger partial charge in [0, 0.05) is 38.6 Å². The number of furan rings is 2. The number of benzene rings is 9. The SMILES string of the molecule is c1ccc(-c2ccc(N(c3ccc(-c4ccc5cc6oc7ccccc7c6cc5c4)cc3)c3ccc(-c4cccc5oc6ccccc6c45)cc3)cc2)cc1. The summed E-state index contributed by atoms with van der Waals surface area (Å²) in [7, 11) is 0. The highest BCUT2D eigenvalue weighted by Gasteiger charge is 2.16. The molecule has 9 aromatic carbocycles. The summed E-state index contributed by atoms with van der Waals surface area (Å²) in [5.74, 6) is 0. The van der Waals surface area contributed by atoms with Crippen LogP contribution in [0.5, 0.6) is 0 Å². The molecule has 0 atom stereocenters. The Morgan fingerprint density at radius 3 is 1.53 bits per heavy atom. The molecular formula is C52H33NO2. The van der Waals surface area contributed by atoms with Gasteiger partial charge in [0.2, 0.25) is 0 Å². The summed E-state index contributed by atoms with van der Waals surface area (Å²) in [6.07, 6.45) is 0. The lowest BCUT2D eigenvalue weighted by atomic mass is 9.98. The molecular weight excluding hydrogens is 671 g/mol. The summed E-state index contributed by atoms with van der Waals surface area (Å²) in [6, 6.07) is 71.1. The minimum absolute atomic E-state index is 0.901. The first kappa shape index (κ1) is 31.2. The van der Waals surface area contributed by atoms with E-state index in [1.165, 1.54) is 22.1 Å². The molecule has 2 aromatic heterocycles. The van der Waals surface area contributed by atoms with Crippen LogP contribution >= 0.6 is 0 Å². The van der Waals surface area contributed by atoms with Crippen molar-refractivity contribution in [1.82, 2.24) is 0 Å². The summed E-state index contributed by atoms with van der Waals surface area (Å²) >= 11 is 0. The summed E-state index contributed by atoms with van der Waals surface area (Å²) in [5.41, 5.74) is 13.9. The molecule has 258 valence electrons. The van der Waals surface area contributed by atoms with Crippen LogP contribution in [0.4, 0.5) is 17.1 Å². The van der Waals surface area contributed by atoms with Crippen molar-refractivity contribution in [3.05, 3.63) is 200 Å². The molecule has 0 radical (unpaired) electrons. The van der Waals surface area contributed by atoms with Gasteiger partial charge < -0.3 is 13.7 Å². The average molecular weight is 704 g/mol. The van der Waals surface area contributed by atoms with Crippen LogP contribution in [0.25, 0.3) is 88.0 Å². The molecule has 0 unspecified atom stereocenters. The Morgan fingerprint density at radius 1 is 0.291 bits per heavy atom. The second-order valence-corrected chi connectivity index (χ2v) is 14.1. The van der Waals surface area contributed by atoms with Gasteiger partial charge in [0.15, 0.2) is 0 Å². The largest absolute Gasteiger partial charge is 0.456 e. The molecule has 0 saturated heterocycles. The van der Waals surface area contributed by atoms with Crippen molar-refractivity contribution in [1.29, 1.82) is 0 Å². The van der Waals surface area contributed by atoms with Crippen molar-refractivity contribution >= 4 is 71.7 Å². The predicted octanol–water partition coefficient (Wildman–Crippen LogP) is 15.1.